The molecule has 0 aromatic heterocycles. The molecule has 0 aliphatic rings. The zero-order chi connectivity index (χ0) is 44.2. The third-order valence-corrected chi connectivity index (χ3v) is 13.2. The van der Waals surface area contributed by atoms with E-state index in [0.717, 1.165) is 25.7 Å². The first-order chi connectivity index (χ1) is 30.2. The molecule has 2 atom stereocenters. The van der Waals surface area contributed by atoms with Crippen LogP contribution in [0.5, 0.6) is 0 Å². The Bertz CT molecular complexity index is 886. The van der Waals surface area contributed by atoms with Crippen molar-refractivity contribution in [2.24, 2.45) is 0 Å². The Morgan fingerprint density at radius 3 is 0.902 bits per heavy atom. The number of allylic oxidation sites excluding steroid dienone is 3. The lowest BCUT2D eigenvalue weighted by Gasteiger charge is -2.20. The average molecular weight is 859 g/mol. The van der Waals surface area contributed by atoms with Gasteiger partial charge in [-0.25, -0.2) is 0 Å². The summed E-state index contributed by atoms with van der Waals surface area (Å²) in [5.41, 5.74) is 0. The Labute approximate surface area is 383 Å². The van der Waals surface area contributed by atoms with Crippen LogP contribution in [0, 0.1) is 0 Å². The van der Waals surface area contributed by atoms with Gasteiger partial charge in [0.25, 0.3) is 0 Å². The molecule has 0 bridgehead atoms. The molecule has 0 rings (SSSR count). The summed E-state index contributed by atoms with van der Waals surface area (Å²) in [6.07, 6.45) is 70.6. The van der Waals surface area contributed by atoms with Crippen LogP contribution in [-0.4, -0.2) is 34.9 Å². The van der Waals surface area contributed by atoms with Crippen molar-refractivity contribution < 1.29 is 15.0 Å². The third kappa shape index (κ3) is 49.7. The highest BCUT2D eigenvalue weighted by Gasteiger charge is 2.18. The van der Waals surface area contributed by atoms with Crippen molar-refractivity contribution in [1.82, 2.24) is 5.32 Å². The van der Waals surface area contributed by atoms with Crippen LogP contribution in [0.3, 0.4) is 0 Å². The summed E-state index contributed by atoms with van der Waals surface area (Å²) in [6.45, 7) is 4.33. The first kappa shape index (κ1) is 59.9. The van der Waals surface area contributed by atoms with Gasteiger partial charge in [-0.05, 0) is 44.9 Å². The normalized spacial score (nSPS) is 12.9. The zero-order valence-electron chi connectivity index (χ0n) is 41.7. The molecule has 0 saturated carbocycles. The summed E-state index contributed by atoms with van der Waals surface area (Å²) in [5.74, 6) is -0.0646. The van der Waals surface area contributed by atoms with Gasteiger partial charge in [-0.15, -0.1) is 0 Å². The summed E-state index contributed by atoms with van der Waals surface area (Å²) in [5, 5.41) is 23.1. The highest BCUT2D eigenvalue weighted by molar-refractivity contribution is 5.76. The van der Waals surface area contributed by atoms with E-state index in [1.54, 1.807) is 6.08 Å². The molecule has 2 unspecified atom stereocenters. The number of hydrogen-bond donors (Lipinski definition) is 3. The second-order valence-electron chi connectivity index (χ2n) is 19.4. The zero-order valence-corrected chi connectivity index (χ0v) is 41.7. The molecule has 0 heterocycles. The Hall–Kier alpha value is -1.13. The summed E-state index contributed by atoms with van der Waals surface area (Å²) in [7, 11) is 0. The summed E-state index contributed by atoms with van der Waals surface area (Å²) >= 11 is 0. The van der Waals surface area contributed by atoms with Crippen LogP contribution in [0.2, 0.25) is 0 Å². The van der Waals surface area contributed by atoms with Gasteiger partial charge in [0.1, 0.15) is 0 Å². The third-order valence-electron chi connectivity index (χ3n) is 13.2. The van der Waals surface area contributed by atoms with Crippen molar-refractivity contribution in [3.05, 3.63) is 24.3 Å². The fourth-order valence-electron chi connectivity index (χ4n) is 8.88. The molecule has 0 radical (unpaired) electrons. The number of nitrogens with one attached hydrogen (secondary N) is 1. The molecule has 0 spiro atoms. The number of aliphatic hydroxyl groups excluding tert-OH is 2. The van der Waals surface area contributed by atoms with Gasteiger partial charge < -0.3 is 15.5 Å². The van der Waals surface area contributed by atoms with Crippen molar-refractivity contribution in [3.8, 4) is 0 Å². The van der Waals surface area contributed by atoms with E-state index in [0.29, 0.717) is 6.42 Å². The molecule has 4 heteroatoms. The van der Waals surface area contributed by atoms with Crippen molar-refractivity contribution >= 4 is 5.91 Å². The highest BCUT2D eigenvalue weighted by atomic mass is 16.3. The summed E-state index contributed by atoms with van der Waals surface area (Å²) < 4.78 is 0. The van der Waals surface area contributed by atoms with E-state index in [1.807, 2.05) is 6.08 Å². The van der Waals surface area contributed by atoms with E-state index in [9.17, 15) is 15.0 Å². The topological polar surface area (TPSA) is 69.6 Å². The molecule has 0 saturated heterocycles. The number of rotatable bonds is 52. The highest BCUT2D eigenvalue weighted by Crippen LogP contribution is 2.17. The standard InChI is InChI=1S/C57H111NO3/c1-3-5-7-9-11-13-15-17-19-21-22-23-24-25-26-27-28-29-30-31-32-33-34-35-37-38-40-42-44-46-48-50-52-56(60)55(54-59)58-57(61)53-51-49-47-45-43-41-39-36-20-18-16-14-12-10-8-6-4-2/h18,20,50,52,55-56,59-60H,3-17,19,21-49,51,53-54H2,1-2H3,(H,58,61)/b20-18-,52-50+. The number of aliphatic hydroxyl groups is 2. The fraction of sp³-hybridized carbons (Fsp3) is 0.912. The molecule has 3 N–H and O–H groups in total. The summed E-state index contributed by atoms with van der Waals surface area (Å²) in [6, 6.07) is -0.623. The molecule has 0 fully saturated rings. The second kappa shape index (κ2) is 53.2. The van der Waals surface area contributed by atoms with Crippen LogP contribution >= 0.6 is 0 Å². The van der Waals surface area contributed by atoms with E-state index in [2.05, 4.69) is 31.3 Å². The molecule has 4 nitrogen and oxygen atoms in total. The molecular formula is C57H111NO3. The van der Waals surface area contributed by atoms with Crippen LogP contribution in [-0.2, 0) is 4.79 Å². The maximum atomic E-state index is 12.4. The Morgan fingerprint density at radius 1 is 0.377 bits per heavy atom. The number of amides is 1. The van der Waals surface area contributed by atoms with Gasteiger partial charge in [-0.2, -0.15) is 0 Å². The first-order valence-electron chi connectivity index (χ1n) is 28.1. The van der Waals surface area contributed by atoms with Gasteiger partial charge >= 0.3 is 0 Å². The minimum absolute atomic E-state index is 0.0646. The lowest BCUT2D eigenvalue weighted by Crippen LogP contribution is -2.45. The smallest absolute Gasteiger partial charge is 0.220 e. The minimum Gasteiger partial charge on any atom is -0.394 e. The molecule has 1 amide bonds. The van der Waals surface area contributed by atoms with E-state index >= 15 is 0 Å². The van der Waals surface area contributed by atoms with Crippen molar-refractivity contribution in [2.45, 2.75) is 328 Å². The van der Waals surface area contributed by atoms with Gasteiger partial charge in [0.05, 0.1) is 18.8 Å². The molecule has 61 heavy (non-hydrogen) atoms. The monoisotopic (exact) mass is 858 g/mol. The van der Waals surface area contributed by atoms with Gasteiger partial charge in [-0.1, -0.05) is 289 Å². The number of unbranched alkanes of at least 4 members (excludes halogenated alkanes) is 43. The second-order valence-corrected chi connectivity index (χ2v) is 19.4. The van der Waals surface area contributed by atoms with E-state index < -0.39 is 12.1 Å². The molecule has 0 aromatic rings. The van der Waals surface area contributed by atoms with Crippen LogP contribution < -0.4 is 5.32 Å². The van der Waals surface area contributed by atoms with Crippen LogP contribution in [0.4, 0.5) is 0 Å². The average Bonchev–Trinajstić information content (AvgIpc) is 3.26. The first-order valence-corrected chi connectivity index (χ1v) is 28.1. The lowest BCUT2D eigenvalue weighted by atomic mass is 10.0. The molecule has 0 aliphatic heterocycles. The van der Waals surface area contributed by atoms with E-state index in [-0.39, 0.29) is 12.5 Å². The van der Waals surface area contributed by atoms with Crippen LogP contribution in [0.15, 0.2) is 24.3 Å². The maximum absolute atomic E-state index is 12.4. The molecular weight excluding hydrogens is 747 g/mol. The largest absolute Gasteiger partial charge is 0.394 e. The lowest BCUT2D eigenvalue weighted by molar-refractivity contribution is -0.123. The number of carbonyl (C=O) groups is 1. The van der Waals surface area contributed by atoms with Crippen LogP contribution in [0.1, 0.15) is 316 Å². The van der Waals surface area contributed by atoms with Gasteiger partial charge in [0.15, 0.2) is 0 Å². The Morgan fingerprint density at radius 2 is 0.623 bits per heavy atom. The summed E-state index contributed by atoms with van der Waals surface area (Å²) in [4.78, 5) is 12.4. The number of carbonyl (C=O) groups excluding carboxylic acids is 1. The molecule has 362 valence electrons. The predicted molar refractivity (Wildman–Crippen MR) is 272 cm³/mol. The van der Waals surface area contributed by atoms with Crippen molar-refractivity contribution in [3.63, 3.8) is 0 Å². The molecule has 0 aromatic carbocycles. The quantitative estimate of drug-likeness (QED) is 0.0422. The predicted octanol–water partition coefficient (Wildman–Crippen LogP) is 18.3. The minimum atomic E-state index is -0.840. The molecule has 0 aliphatic carbocycles. The Balaban J connectivity index is 3.44. The van der Waals surface area contributed by atoms with E-state index in [4.69, 9.17) is 0 Å². The number of hydrogen-bond acceptors (Lipinski definition) is 3. The van der Waals surface area contributed by atoms with Gasteiger partial charge in [0, 0.05) is 6.42 Å². The van der Waals surface area contributed by atoms with Gasteiger partial charge in [-0.3, -0.25) is 4.79 Å². The van der Waals surface area contributed by atoms with Gasteiger partial charge in [0.2, 0.25) is 5.91 Å². The Kier molecular flexibility index (Phi) is 52.2. The SMILES string of the molecule is CCCCCCCC/C=C\CCCCCCCCCC(=O)NC(CO)C(O)/C=C/CCCCCCCCCCCCCCCCCCCCCCCCCCCCCCCC. The van der Waals surface area contributed by atoms with Crippen molar-refractivity contribution in [1.29, 1.82) is 0 Å². The maximum Gasteiger partial charge on any atom is 0.220 e. The van der Waals surface area contributed by atoms with Crippen molar-refractivity contribution in [2.75, 3.05) is 6.61 Å². The van der Waals surface area contributed by atoms with E-state index in [1.165, 1.54) is 270 Å². The van der Waals surface area contributed by atoms with Crippen LogP contribution in [0.25, 0.3) is 0 Å². The fourth-order valence-corrected chi connectivity index (χ4v) is 8.88.